The molecule has 20 heavy (non-hydrogen) atoms. The summed E-state index contributed by atoms with van der Waals surface area (Å²) < 4.78 is 24.1. The van der Waals surface area contributed by atoms with E-state index in [-0.39, 0.29) is 27.5 Å². The number of hydrogen-bond acceptors (Lipinski definition) is 7. The van der Waals surface area contributed by atoms with Crippen molar-refractivity contribution in [3.8, 4) is 17.2 Å². The standard InChI is InChI=1S/C10H5BrFN5O3/c11-4-2-1-3-5(6(4)12)17-9(16-19-10(17)18)7-8(13)15-20-14-7/h1-3H,(H2,13,15). The fourth-order valence-electron chi connectivity index (χ4n) is 1.63. The lowest BCUT2D eigenvalue weighted by Gasteiger charge is -2.05. The summed E-state index contributed by atoms with van der Waals surface area (Å²) in [7, 11) is 0. The minimum absolute atomic E-state index is 0.0183. The normalized spacial score (nSPS) is 10.9. The zero-order valence-corrected chi connectivity index (χ0v) is 11.2. The molecule has 3 aromatic rings. The van der Waals surface area contributed by atoms with Crippen molar-refractivity contribution in [1.29, 1.82) is 0 Å². The summed E-state index contributed by atoms with van der Waals surface area (Å²) in [4.78, 5) is 11.7. The first-order valence-corrected chi connectivity index (χ1v) is 6.00. The quantitative estimate of drug-likeness (QED) is 0.748. The third-order valence-corrected chi connectivity index (χ3v) is 3.11. The van der Waals surface area contributed by atoms with Gasteiger partial charge in [0.25, 0.3) is 0 Å². The highest BCUT2D eigenvalue weighted by molar-refractivity contribution is 9.10. The zero-order chi connectivity index (χ0) is 14.3. The van der Waals surface area contributed by atoms with Gasteiger partial charge < -0.3 is 5.73 Å². The number of rotatable bonds is 2. The highest BCUT2D eigenvalue weighted by atomic mass is 79.9. The molecule has 0 spiro atoms. The molecule has 0 saturated heterocycles. The number of hydrogen-bond donors (Lipinski definition) is 1. The van der Waals surface area contributed by atoms with Gasteiger partial charge in [0.05, 0.1) is 10.2 Å². The van der Waals surface area contributed by atoms with Gasteiger partial charge in [0, 0.05) is 0 Å². The molecule has 2 aromatic heterocycles. The van der Waals surface area contributed by atoms with Crippen LogP contribution in [0.3, 0.4) is 0 Å². The minimum Gasteiger partial charge on any atom is -0.379 e. The van der Waals surface area contributed by atoms with Crippen LogP contribution in [0.4, 0.5) is 10.2 Å². The van der Waals surface area contributed by atoms with Gasteiger partial charge in [-0.15, -0.1) is 0 Å². The van der Waals surface area contributed by atoms with Crippen LogP contribution in [0.2, 0.25) is 0 Å². The van der Waals surface area contributed by atoms with Gasteiger partial charge in [0.15, 0.2) is 17.3 Å². The molecule has 3 rings (SSSR count). The molecule has 0 aliphatic carbocycles. The lowest BCUT2D eigenvalue weighted by Crippen LogP contribution is -2.15. The van der Waals surface area contributed by atoms with E-state index in [2.05, 4.69) is 40.6 Å². The molecule has 0 amide bonds. The molecular formula is C10H5BrFN5O3. The van der Waals surface area contributed by atoms with Gasteiger partial charge in [0.2, 0.25) is 5.82 Å². The Morgan fingerprint density at radius 3 is 2.80 bits per heavy atom. The molecule has 102 valence electrons. The summed E-state index contributed by atoms with van der Waals surface area (Å²) in [5, 5.41) is 10.4. The van der Waals surface area contributed by atoms with Crippen LogP contribution in [0.5, 0.6) is 0 Å². The maximum atomic E-state index is 14.1. The summed E-state index contributed by atoms with van der Waals surface area (Å²) in [6.07, 6.45) is 0. The Hall–Kier alpha value is -2.49. The van der Waals surface area contributed by atoms with Crippen LogP contribution in [0.1, 0.15) is 0 Å². The van der Waals surface area contributed by atoms with Crippen molar-refractivity contribution < 1.29 is 13.5 Å². The van der Waals surface area contributed by atoms with E-state index in [0.29, 0.717) is 0 Å². The third-order valence-electron chi connectivity index (χ3n) is 2.50. The van der Waals surface area contributed by atoms with Gasteiger partial charge in [-0.2, -0.15) is 0 Å². The van der Waals surface area contributed by atoms with Crippen molar-refractivity contribution >= 4 is 21.7 Å². The monoisotopic (exact) mass is 341 g/mol. The number of nitrogens with two attached hydrogens (primary N) is 1. The second-order valence-corrected chi connectivity index (χ2v) is 4.53. The van der Waals surface area contributed by atoms with Crippen LogP contribution in [-0.4, -0.2) is 20.0 Å². The highest BCUT2D eigenvalue weighted by Gasteiger charge is 2.23. The van der Waals surface area contributed by atoms with E-state index in [0.717, 1.165) is 4.57 Å². The molecule has 0 saturated carbocycles. The molecule has 1 aromatic carbocycles. The van der Waals surface area contributed by atoms with Crippen LogP contribution in [-0.2, 0) is 0 Å². The second kappa shape index (κ2) is 4.56. The van der Waals surface area contributed by atoms with E-state index < -0.39 is 11.6 Å². The number of halogens is 2. The molecule has 0 aliphatic heterocycles. The van der Waals surface area contributed by atoms with Gasteiger partial charge in [-0.25, -0.2) is 18.4 Å². The van der Waals surface area contributed by atoms with Gasteiger partial charge >= 0.3 is 5.76 Å². The van der Waals surface area contributed by atoms with E-state index in [9.17, 15) is 9.18 Å². The summed E-state index contributed by atoms with van der Waals surface area (Å²) in [6, 6.07) is 4.42. The minimum atomic E-state index is -0.889. The Morgan fingerprint density at radius 1 is 1.30 bits per heavy atom. The predicted octanol–water partition coefficient (Wildman–Crippen LogP) is 1.36. The fourth-order valence-corrected chi connectivity index (χ4v) is 1.98. The molecular weight excluding hydrogens is 337 g/mol. The van der Waals surface area contributed by atoms with E-state index in [1.807, 2.05) is 0 Å². The molecule has 8 nitrogen and oxygen atoms in total. The number of benzene rings is 1. The molecule has 0 aliphatic rings. The van der Waals surface area contributed by atoms with Crippen molar-refractivity contribution in [1.82, 2.24) is 20.0 Å². The fraction of sp³-hybridized carbons (Fsp3) is 0. The summed E-state index contributed by atoms with van der Waals surface area (Å²) in [6.45, 7) is 0. The molecule has 2 heterocycles. The molecule has 0 atom stereocenters. The zero-order valence-electron chi connectivity index (χ0n) is 9.58. The lowest BCUT2D eigenvalue weighted by molar-refractivity contribution is 0.310. The van der Waals surface area contributed by atoms with Crippen LogP contribution < -0.4 is 11.5 Å². The topological polar surface area (TPSA) is 113 Å². The molecule has 2 N–H and O–H groups in total. The molecule has 0 unspecified atom stereocenters. The van der Waals surface area contributed by atoms with Crippen molar-refractivity contribution in [2.45, 2.75) is 0 Å². The first kappa shape index (κ1) is 12.5. The first-order chi connectivity index (χ1) is 9.59. The maximum Gasteiger partial charge on any atom is 0.446 e. The molecule has 0 bridgehead atoms. The van der Waals surface area contributed by atoms with Crippen LogP contribution in [0, 0.1) is 5.82 Å². The number of aromatic nitrogens is 4. The Balaban J connectivity index is 2.30. The Kier molecular flexibility index (Phi) is 2.86. The SMILES string of the molecule is Nc1nonc1-c1noc(=O)n1-c1cccc(Br)c1F. The molecule has 0 fully saturated rings. The van der Waals surface area contributed by atoms with Crippen LogP contribution in [0.25, 0.3) is 17.2 Å². The largest absolute Gasteiger partial charge is 0.446 e. The van der Waals surface area contributed by atoms with Gasteiger partial charge in [-0.3, -0.25) is 4.52 Å². The van der Waals surface area contributed by atoms with Gasteiger partial charge in [0.1, 0.15) is 0 Å². The average Bonchev–Trinajstić information content (AvgIpc) is 2.99. The van der Waals surface area contributed by atoms with Crippen molar-refractivity contribution in [2.24, 2.45) is 0 Å². The summed E-state index contributed by atoms with van der Waals surface area (Å²) in [5.41, 5.74) is 5.44. The van der Waals surface area contributed by atoms with Crippen molar-refractivity contribution in [3.05, 3.63) is 39.0 Å². The lowest BCUT2D eigenvalue weighted by atomic mass is 10.3. The predicted molar refractivity (Wildman–Crippen MR) is 67.5 cm³/mol. The summed E-state index contributed by atoms with van der Waals surface area (Å²) >= 11 is 3.03. The Morgan fingerprint density at radius 2 is 2.10 bits per heavy atom. The number of anilines is 1. The third kappa shape index (κ3) is 1.81. The smallest absolute Gasteiger partial charge is 0.379 e. The number of nitrogen functional groups attached to an aromatic ring is 1. The van der Waals surface area contributed by atoms with E-state index in [1.165, 1.54) is 12.1 Å². The average molecular weight is 342 g/mol. The second-order valence-electron chi connectivity index (χ2n) is 3.68. The van der Waals surface area contributed by atoms with E-state index in [1.54, 1.807) is 6.07 Å². The molecule has 10 heteroatoms. The van der Waals surface area contributed by atoms with Gasteiger partial charge in [-0.05, 0) is 38.4 Å². The Labute approximate surface area is 118 Å². The van der Waals surface area contributed by atoms with Crippen molar-refractivity contribution in [2.75, 3.05) is 5.73 Å². The van der Waals surface area contributed by atoms with Crippen LogP contribution in [0.15, 0.2) is 36.6 Å². The highest BCUT2D eigenvalue weighted by Crippen LogP contribution is 2.26. The van der Waals surface area contributed by atoms with E-state index in [4.69, 9.17) is 5.73 Å². The summed E-state index contributed by atoms with van der Waals surface area (Å²) in [5.74, 6) is -1.75. The van der Waals surface area contributed by atoms with Crippen LogP contribution >= 0.6 is 15.9 Å². The number of nitrogens with zero attached hydrogens (tertiary/aromatic N) is 4. The Bertz CT molecular complexity index is 840. The van der Waals surface area contributed by atoms with Crippen molar-refractivity contribution in [3.63, 3.8) is 0 Å². The molecule has 0 radical (unpaired) electrons. The maximum absolute atomic E-state index is 14.1. The van der Waals surface area contributed by atoms with E-state index >= 15 is 0 Å². The van der Waals surface area contributed by atoms with Gasteiger partial charge in [-0.1, -0.05) is 11.2 Å². The first-order valence-electron chi connectivity index (χ1n) is 5.21.